The summed E-state index contributed by atoms with van der Waals surface area (Å²) in [6, 6.07) is 8.69. The van der Waals surface area contributed by atoms with E-state index >= 15 is 0 Å². The van der Waals surface area contributed by atoms with Crippen molar-refractivity contribution in [3.05, 3.63) is 41.7 Å². The number of halogens is 1. The summed E-state index contributed by atoms with van der Waals surface area (Å²) in [5.41, 5.74) is 0. The third kappa shape index (κ3) is 2.66. The normalized spacial score (nSPS) is 20.8. The third-order valence-corrected chi connectivity index (χ3v) is 6.81. The number of aromatic nitrogens is 2. The Morgan fingerprint density at radius 1 is 1.28 bits per heavy atom. The maximum absolute atomic E-state index is 12.2. The number of nitrogens with zero attached hydrogens (tertiary/aromatic N) is 3. The standard InChI is InChI=1S/C19H18ClN3OS/c20-17-14-3-1-2-4-15(14)25-18(17)19-21-7-8-22(19)10-12-9-16(24)23(11-12)13-5-6-13/h1-4,7-8,12-13H,5-6,9-11H2. The molecule has 0 radical (unpaired) electrons. The number of benzene rings is 1. The predicted octanol–water partition coefficient (Wildman–Crippen LogP) is 4.43. The fraction of sp³-hybridized carbons (Fsp3) is 0.368. The number of likely N-dealkylation sites (tertiary alicyclic amines) is 1. The Bertz CT molecular complexity index is 959. The first-order valence-corrected chi connectivity index (χ1v) is 9.88. The number of hydrogen-bond acceptors (Lipinski definition) is 3. The van der Waals surface area contributed by atoms with E-state index in [9.17, 15) is 4.79 Å². The van der Waals surface area contributed by atoms with E-state index in [4.69, 9.17) is 11.6 Å². The molecule has 5 rings (SSSR count). The first kappa shape index (κ1) is 15.4. The van der Waals surface area contributed by atoms with E-state index in [0.29, 0.717) is 24.3 Å². The molecule has 3 heterocycles. The Kier molecular flexibility index (Phi) is 3.61. The number of thiophene rings is 1. The van der Waals surface area contributed by atoms with Crippen LogP contribution in [0.2, 0.25) is 5.02 Å². The lowest BCUT2D eigenvalue weighted by Crippen LogP contribution is -2.27. The SMILES string of the molecule is O=C1CC(Cn2ccnc2-c2sc3ccccc3c2Cl)CN1C1CC1. The molecule has 3 aromatic rings. The topological polar surface area (TPSA) is 38.1 Å². The summed E-state index contributed by atoms with van der Waals surface area (Å²) in [5, 5.41) is 1.85. The van der Waals surface area contributed by atoms with Crippen LogP contribution in [0.25, 0.3) is 20.8 Å². The van der Waals surface area contributed by atoms with Crippen molar-refractivity contribution < 1.29 is 4.79 Å². The van der Waals surface area contributed by atoms with Gasteiger partial charge in [0.15, 0.2) is 5.82 Å². The highest BCUT2D eigenvalue weighted by atomic mass is 35.5. The molecule has 0 bridgehead atoms. The molecule has 1 atom stereocenters. The van der Waals surface area contributed by atoms with Gasteiger partial charge in [0.25, 0.3) is 0 Å². The fourth-order valence-corrected chi connectivity index (χ4v) is 5.30. The van der Waals surface area contributed by atoms with Gasteiger partial charge < -0.3 is 9.47 Å². The van der Waals surface area contributed by atoms with Crippen molar-refractivity contribution in [3.63, 3.8) is 0 Å². The number of carbonyl (C=O) groups is 1. The number of fused-ring (bicyclic) bond motifs is 1. The van der Waals surface area contributed by atoms with E-state index < -0.39 is 0 Å². The van der Waals surface area contributed by atoms with Crippen LogP contribution in [0, 0.1) is 5.92 Å². The first-order valence-electron chi connectivity index (χ1n) is 8.68. The lowest BCUT2D eigenvalue weighted by atomic mass is 10.1. The van der Waals surface area contributed by atoms with Gasteiger partial charge in [-0.25, -0.2) is 4.98 Å². The highest BCUT2D eigenvalue weighted by Crippen LogP contribution is 2.41. The number of amides is 1. The Labute approximate surface area is 155 Å². The molecule has 1 aromatic carbocycles. The molecule has 1 aliphatic carbocycles. The minimum atomic E-state index is 0.314. The summed E-state index contributed by atoms with van der Waals surface area (Å²) in [6.45, 7) is 1.69. The van der Waals surface area contributed by atoms with E-state index in [1.165, 1.54) is 17.5 Å². The van der Waals surface area contributed by atoms with Gasteiger partial charge in [-0.1, -0.05) is 29.8 Å². The summed E-state index contributed by atoms with van der Waals surface area (Å²) in [7, 11) is 0. The molecule has 6 heteroatoms. The van der Waals surface area contributed by atoms with Crippen LogP contribution < -0.4 is 0 Å². The molecule has 1 amide bonds. The molecule has 2 aromatic heterocycles. The van der Waals surface area contributed by atoms with E-state index in [2.05, 4.69) is 20.5 Å². The van der Waals surface area contributed by atoms with Crippen molar-refractivity contribution in [2.45, 2.75) is 31.8 Å². The van der Waals surface area contributed by atoms with Gasteiger partial charge in [-0.15, -0.1) is 11.3 Å². The largest absolute Gasteiger partial charge is 0.339 e. The van der Waals surface area contributed by atoms with Crippen LogP contribution >= 0.6 is 22.9 Å². The van der Waals surface area contributed by atoms with E-state index in [1.54, 1.807) is 11.3 Å². The average molecular weight is 372 g/mol. The quantitative estimate of drug-likeness (QED) is 0.680. The van der Waals surface area contributed by atoms with Crippen molar-refractivity contribution in [2.24, 2.45) is 5.92 Å². The molecule has 2 fully saturated rings. The second-order valence-corrected chi connectivity index (χ2v) is 8.42. The smallest absolute Gasteiger partial charge is 0.223 e. The number of carbonyl (C=O) groups excluding carboxylic acids is 1. The Morgan fingerprint density at radius 3 is 2.92 bits per heavy atom. The minimum absolute atomic E-state index is 0.314. The highest BCUT2D eigenvalue weighted by molar-refractivity contribution is 7.23. The molecule has 2 aliphatic rings. The maximum Gasteiger partial charge on any atom is 0.223 e. The van der Waals surface area contributed by atoms with Crippen molar-refractivity contribution in [1.29, 1.82) is 0 Å². The van der Waals surface area contributed by atoms with Gasteiger partial charge in [0.1, 0.15) is 0 Å². The second kappa shape index (κ2) is 5.85. The number of rotatable bonds is 4. The minimum Gasteiger partial charge on any atom is -0.339 e. The molecule has 0 N–H and O–H groups in total. The predicted molar refractivity (Wildman–Crippen MR) is 101 cm³/mol. The van der Waals surface area contributed by atoms with Crippen LogP contribution in [0.5, 0.6) is 0 Å². The van der Waals surface area contributed by atoms with Gasteiger partial charge in [0.2, 0.25) is 5.91 Å². The Balaban J connectivity index is 1.44. The fourth-order valence-electron chi connectivity index (χ4n) is 3.77. The molecule has 128 valence electrons. The zero-order valence-corrected chi connectivity index (χ0v) is 15.3. The molecular weight excluding hydrogens is 354 g/mol. The van der Waals surface area contributed by atoms with Gasteiger partial charge in [-0.05, 0) is 18.9 Å². The van der Waals surface area contributed by atoms with E-state index in [0.717, 1.165) is 34.2 Å². The van der Waals surface area contributed by atoms with Crippen molar-refractivity contribution in [1.82, 2.24) is 14.5 Å². The second-order valence-electron chi connectivity index (χ2n) is 6.99. The summed E-state index contributed by atoms with van der Waals surface area (Å²) < 4.78 is 3.33. The van der Waals surface area contributed by atoms with Crippen LogP contribution in [0.1, 0.15) is 19.3 Å². The molecule has 1 unspecified atom stereocenters. The summed E-state index contributed by atoms with van der Waals surface area (Å²) in [6.07, 6.45) is 6.82. The van der Waals surface area contributed by atoms with Gasteiger partial charge >= 0.3 is 0 Å². The lowest BCUT2D eigenvalue weighted by molar-refractivity contribution is -0.128. The highest BCUT2D eigenvalue weighted by Gasteiger charge is 2.39. The summed E-state index contributed by atoms with van der Waals surface area (Å²) in [5.74, 6) is 1.58. The molecule has 1 saturated carbocycles. The lowest BCUT2D eigenvalue weighted by Gasteiger charge is -2.16. The zero-order valence-electron chi connectivity index (χ0n) is 13.7. The van der Waals surface area contributed by atoms with Gasteiger partial charge in [0, 0.05) is 53.9 Å². The Morgan fingerprint density at radius 2 is 2.12 bits per heavy atom. The van der Waals surface area contributed by atoms with Crippen molar-refractivity contribution >= 4 is 38.9 Å². The monoisotopic (exact) mass is 371 g/mol. The number of hydrogen-bond donors (Lipinski definition) is 0. The maximum atomic E-state index is 12.2. The molecular formula is C19H18ClN3OS. The van der Waals surface area contributed by atoms with Crippen LogP contribution in [0.15, 0.2) is 36.7 Å². The molecule has 25 heavy (non-hydrogen) atoms. The van der Waals surface area contributed by atoms with Crippen LogP contribution in [0.3, 0.4) is 0 Å². The first-order chi connectivity index (χ1) is 12.2. The van der Waals surface area contributed by atoms with Gasteiger partial charge in [-0.3, -0.25) is 4.79 Å². The summed E-state index contributed by atoms with van der Waals surface area (Å²) >= 11 is 8.31. The molecule has 4 nitrogen and oxygen atoms in total. The molecule has 1 aliphatic heterocycles. The average Bonchev–Trinajstić information content (AvgIpc) is 3.11. The van der Waals surface area contributed by atoms with Crippen molar-refractivity contribution in [3.8, 4) is 10.7 Å². The third-order valence-electron chi connectivity index (χ3n) is 5.13. The van der Waals surface area contributed by atoms with Crippen LogP contribution in [0.4, 0.5) is 0 Å². The summed E-state index contributed by atoms with van der Waals surface area (Å²) in [4.78, 5) is 19.9. The van der Waals surface area contributed by atoms with E-state index in [1.807, 2.05) is 30.6 Å². The van der Waals surface area contributed by atoms with Gasteiger partial charge in [0.05, 0.1) is 9.90 Å². The van der Waals surface area contributed by atoms with Crippen molar-refractivity contribution in [2.75, 3.05) is 6.54 Å². The molecule has 1 saturated heterocycles. The van der Waals surface area contributed by atoms with Crippen LogP contribution in [-0.4, -0.2) is 32.9 Å². The van der Waals surface area contributed by atoms with Gasteiger partial charge in [-0.2, -0.15) is 0 Å². The van der Waals surface area contributed by atoms with Crippen LogP contribution in [-0.2, 0) is 11.3 Å². The Hall–Kier alpha value is -1.85. The zero-order chi connectivity index (χ0) is 17.0. The number of imidazole rings is 1. The van der Waals surface area contributed by atoms with E-state index in [-0.39, 0.29) is 0 Å². The molecule has 0 spiro atoms.